The Bertz CT molecular complexity index is 788. The Hall–Kier alpha value is -2.60. The number of thiophene rings is 1. The average molecular weight is 327 g/mol. The highest BCUT2D eigenvalue weighted by atomic mass is 32.1. The summed E-state index contributed by atoms with van der Waals surface area (Å²) in [7, 11) is 0. The third-order valence-electron chi connectivity index (χ3n) is 3.30. The molecule has 0 radical (unpaired) electrons. The molecular formula is C17H14FN3OS. The highest BCUT2D eigenvalue weighted by molar-refractivity contribution is 7.08. The third kappa shape index (κ3) is 3.98. The number of halogens is 1. The number of nitrogens with one attached hydrogen (secondary N) is 1. The van der Waals surface area contributed by atoms with Crippen molar-refractivity contribution in [2.75, 3.05) is 0 Å². The number of carbonyl (C=O) groups is 1. The highest BCUT2D eigenvalue weighted by Crippen LogP contribution is 2.22. The van der Waals surface area contributed by atoms with Gasteiger partial charge >= 0.3 is 0 Å². The number of benzene rings is 1. The summed E-state index contributed by atoms with van der Waals surface area (Å²) < 4.78 is 12.9. The SMILES string of the molecule is O=C(Cc1ccc(F)cc1)NCc1nccnc1-c1ccsc1. The van der Waals surface area contributed by atoms with E-state index in [-0.39, 0.29) is 18.1 Å². The first-order valence-electron chi connectivity index (χ1n) is 7.06. The minimum absolute atomic E-state index is 0.140. The van der Waals surface area contributed by atoms with Crippen LogP contribution in [0.25, 0.3) is 11.3 Å². The molecule has 23 heavy (non-hydrogen) atoms. The van der Waals surface area contributed by atoms with Crippen LogP contribution < -0.4 is 5.32 Å². The summed E-state index contributed by atoms with van der Waals surface area (Å²) in [5.41, 5.74) is 3.25. The van der Waals surface area contributed by atoms with Gasteiger partial charge in [0.15, 0.2) is 0 Å². The van der Waals surface area contributed by atoms with Gasteiger partial charge in [0.1, 0.15) is 5.82 Å². The van der Waals surface area contributed by atoms with E-state index in [0.717, 1.165) is 22.5 Å². The zero-order valence-corrected chi connectivity index (χ0v) is 13.0. The molecule has 1 aromatic carbocycles. The second-order valence-corrected chi connectivity index (χ2v) is 5.72. The van der Waals surface area contributed by atoms with E-state index in [1.807, 2.05) is 16.8 Å². The standard InChI is InChI=1S/C17H14FN3OS/c18-14-3-1-12(2-4-14)9-16(22)21-10-15-17(20-7-6-19-15)13-5-8-23-11-13/h1-8,11H,9-10H2,(H,21,22). The fraction of sp³-hybridized carbons (Fsp3) is 0.118. The lowest BCUT2D eigenvalue weighted by atomic mass is 10.1. The normalized spacial score (nSPS) is 10.5. The molecule has 2 heterocycles. The zero-order chi connectivity index (χ0) is 16.1. The minimum Gasteiger partial charge on any atom is -0.350 e. The van der Waals surface area contributed by atoms with Gasteiger partial charge < -0.3 is 5.32 Å². The number of carbonyl (C=O) groups excluding carboxylic acids is 1. The lowest BCUT2D eigenvalue weighted by Crippen LogP contribution is -2.25. The Labute approximate surface area is 137 Å². The van der Waals surface area contributed by atoms with Crippen LogP contribution >= 0.6 is 11.3 Å². The number of rotatable bonds is 5. The fourth-order valence-electron chi connectivity index (χ4n) is 2.17. The van der Waals surface area contributed by atoms with Crippen molar-refractivity contribution in [1.82, 2.24) is 15.3 Å². The molecule has 3 aromatic rings. The molecule has 0 atom stereocenters. The van der Waals surface area contributed by atoms with Gasteiger partial charge in [0, 0.05) is 23.3 Å². The molecule has 3 rings (SSSR count). The molecule has 6 heteroatoms. The Kier molecular flexibility index (Phi) is 4.73. The number of hydrogen-bond donors (Lipinski definition) is 1. The molecule has 0 saturated carbocycles. The zero-order valence-electron chi connectivity index (χ0n) is 12.2. The first-order chi connectivity index (χ1) is 11.2. The first kappa shape index (κ1) is 15.3. The molecule has 116 valence electrons. The Morgan fingerprint density at radius 2 is 1.91 bits per heavy atom. The van der Waals surface area contributed by atoms with E-state index in [2.05, 4.69) is 15.3 Å². The van der Waals surface area contributed by atoms with E-state index in [1.165, 1.54) is 12.1 Å². The van der Waals surface area contributed by atoms with Crippen molar-refractivity contribution in [1.29, 1.82) is 0 Å². The molecule has 4 nitrogen and oxygen atoms in total. The molecule has 0 spiro atoms. The maximum Gasteiger partial charge on any atom is 0.224 e. The second kappa shape index (κ2) is 7.11. The smallest absolute Gasteiger partial charge is 0.224 e. The van der Waals surface area contributed by atoms with Crippen LogP contribution in [0.2, 0.25) is 0 Å². The van der Waals surface area contributed by atoms with Crippen molar-refractivity contribution < 1.29 is 9.18 Å². The Balaban J connectivity index is 1.64. The number of hydrogen-bond acceptors (Lipinski definition) is 4. The van der Waals surface area contributed by atoms with Crippen molar-refractivity contribution in [3.63, 3.8) is 0 Å². The number of amides is 1. The molecule has 0 aliphatic heterocycles. The van der Waals surface area contributed by atoms with Gasteiger partial charge in [0.05, 0.1) is 24.4 Å². The van der Waals surface area contributed by atoms with Crippen LogP contribution in [-0.2, 0) is 17.8 Å². The van der Waals surface area contributed by atoms with Crippen LogP contribution in [0.3, 0.4) is 0 Å². The molecule has 0 saturated heterocycles. The van der Waals surface area contributed by atoms with Crippen molar-refractivity contribution in [2.45, 2.75) is 13.0 Å². The monoisotopic (exact) mass is 327 g/mol. The van der Waals surface area contributed by atoms with Crippen LogP contribution in [-0.4, -0.2) is 15.9 Å². The molecule has 0 aliphatic rings. The van der Waals surface area contributed by atoms with Gasteiger partial charge in [-0.3, -0.25) is 14.8 Å². The lowest BCUT2D eigenvalue weighted by Gasteiger charge is -2.08. The summed E-state index contributed by atoms with van der Waals surface area (Å²) in [5.74, 6) is -0.451. The summed E-state index contributed by atoms with van der Waals surface area (Å²) in [5, 5.41) is 6.80. The van der Waals surface area contributed by atoms with E-state index >= 15 is 0 Å². The molecule has 2 aromatic heterocycles. The van der Waals surface area contributed by atoms with Gasteiger partial charge in [-0.2, -0.15) is 11.3 Å². The van der Waals surface area contributed by atoms with Crippen molar-refractivity contribution in [2.24, 2.45) is 0 Å². The molecular weight excluding hydrogens is 313 g/mol. The van der Waals surface area contributed by atoms with Gasteiger partial charge in [-0.25, -0.2) is 4.39 Å². The minimum atomic E-state index is -0.311. The van der Waals surface area contributed by atoms with Crippen LogP contribution in [0.1, 0.15) is 11.3 Å². The quantitative estimate of drug-likeness (QED) is 0.783. The predicted octanol–water partition coefficient (Wildman–Crippen LogP) is 3.20. The van der Waals surface area contributed by atoms with E-state index < -0.39 is 0 Å². The van der Waals surface area contributed by atoms with Crippen molar-refractivity contribution >= 4 is 17.2 Å². The van der Waals surface area contributed by atoms with E-state index in [9.17, 15) is 9.18 Å². The largest absolute Gasteiger partial charge is 0.350 e. The number of aromatic nitrogens is 2. The molecule has 0 fully saturated rings. The number of nitrogens with zero attached hydrogens (tertiary/aromatic N) is 2. The Morgan fingerprint density at radius 1 is 1.13 bits per heavy atom. The molecule has 1 N–H and O–H groups in total. The van der Waals surface area contributed by atoms with Gasteiger partial charge in [0.2, 0.25) is 5.91 Å². The van der Waals surface area contributed by atoms with Gasteiger partial charge in [-0.15, -0.1) is 0 Å². The van der Waals surface area contributed by atoms with Crippen molar-refractivity contribution in [3.8, 4) is 11.3 Å². The summed E-state index contributed by atoms with van der Waals surface area (Å²) in [4.78, 5) is 20.7. The summed E-state index contributed by atoms with van der Waals surface area (Å²) in [6.07, 6.45) is 3.45. The van der Waals surface area contributed by atoms with Crippen LogP contribution in [0.4, 0.5) is 4.39 Å². The third-order valence-corrected chi connectivity index (χ3v) is 3.98. The van der Waals surface area contributed by atoms with Crippen LogP contribution in [0.5, 0.6) is 0 Å². The lowest BCUT2D eigenvalue weighted by molar-refractivity contribution is -0.120. The van der Waals surface area contributed by atoms with E-state index in [4.69, 9.17) is 0 Å². The van der Waals surface area contributed by atoms with Crippen LogP contribution in [0, 0.1) is 5.82 Å². The molecule has 0 bridgehead atoms. The van der Waals surface area contributed by atoms with E-state index in [0.29, 0.717) is 6.54 Å². The van der Waals surface area contributed by atoms with E-state index in [1.54, 1.807) is 35.9 Å². The summed E-state index contributed by atoms with van der Waals surface area (Å²) in [6, 6.07) is 7.88. The fourth-order valence-corrected chi connectivity index (χ4v) is 2.81. The predicted molar refractivity (Wildman–Crippen MR) is 87.3 cm³/mol. The maximum absolute atomic E-state index is 12.9. The maximum atomic E-state index is 12.9. The topological polar surface area (TPSA) is 54.9 Å². The average Bonchev–Trinajstić information content (AvgIpc) is 3.10. The molecule has 0 aliphatic carbocycles. The van der Waals surface area contributed by atoms with Gasteiger partial charge in [-0.05, 0) is 29.1 Å². The Morgan fingerprint density at radius 3 is 2.65 bits per heavy atom. The first-order valence-corrected chi connectivity index (χ1v) is 8.00. The molecule has 0 unspecified atom stereocenters. The second-order valence-electron chi connectivity index (χ2n) is 4.94. The summed E-state index contributed by atoms with van der Waals surface area (Å²) >= 11 is 1.58. The van der Waals surface area contributed by atoms with Crippen LogP contribution in [0.15, 0.2) is 53.5 Å². The van der Waals surface area contributed by atoms with Gasteiger partial charge in [-0.1, -0.05) is 12.1 Å². The van der Waals surface area contributed by atoms with Gasteiger partial charge in [0.25, 0.3) is 0 Å². The molecule has 1 amide bonds. The summed E-state index contributed by atoms with van der Waals surface area (Å²) in [6.45, 7) is 0.305. The highest BCUT2D eigenvalue weighted by Gasteiger charge is 2.10. The van der Waals surface area contributed by atoms with Crippen molar-refractivity contribution in [3.05, 3.63) is 70.6 Å².